The molecule has 1 aromatic carbocycles. The second-order valence-electron chi connectivity index (χ2n) is 4.19. The Hall–Kier alpha value is -2.62. The monoisotopic (exact) mass is 346 g/mol. The maximum absolute atomic E-state index is 12.7. The predicted molar refractivity (Wildman–Crippen MR) is 74.3 cm³/mol. The van der Waals surface area contributed by atoms with Crippen molar-refractivity contribution in [3.8, 4) is 0 Å². The molecule has 2 aromatic rings. The minimum atomic E-state index is -4.93. The molecule has 0 spiro atoms. The van der Waals surface area contributed by atoms with Crippen LogP contribution in [0.15, 0.2) is 30.3 Å². The first-order chi connectivity index (χ1) is 10.8. The van der Waals surface area contributed by atoms with Gasteiger partial charge in [-0.25, -0.2) is 14.6 Å². The molecule has 0 saturated carbocycles. The third kappa shape index (κ3) is 4.42. The summed E-state index contributed by atoms with van der Waals surface area (Å²) in [5, 5.41) is 10.2. The van der Waals surface area contributed by atoms with Gasteiger partial charge >= 0.3 is 18.2 Å². The standard InChI is InChI=1S/C13H9F3N2O4S/c14-13(15,16)9-8(10(19)20)23-11(17-9)18-12(21)22-6-7-4-2-1-3-5-7/h1-5H,6H2,(H,19,20)(H,17,18,21). The number of hydrogen-bond donors (Lipinski definition) is 2. The van der Waals surface area contributed by atoms with Crippen molar-refractivity contribution in [3.63, 3.8) is 0 Å². The van der Waals surface area contributed by atoms with E-state index in [1.165, 1.54) is 0 Å². The average Bonchev–Trinajstić information content (AvgIpc) is 2.90. The summed E-state index contributed by atoms with van der Waals surface area (Å²) in [4.78, 5) is 24.4. The van der Waals surface area contributed by atoms with E-state index in [2.05, 4.69) is 4.98 Å². The fourth-order valence-corrected chi connectivity index (χ4v) is 2.37. The second-order valence-corrected chi connectivity index (χ2v) is 5.19. The molecule has 0 aliphatic rings. The van der Waals surface area contributed by atoms with Gasteiger partial charge in [0.15, 0.2) is 10.8 Å². The molecule has 1 heterocycles. The van der Waals surface area contributed by atoms with E-state index in [1.807, 2.05) is 5.32 Å². The Kier molecular flexibility index (Phi) is 4.84. The van der Waals surface area contributed by atoms with Gasteiger partial charge in [-0.1, -0.05) is 41.7 Å². The summed E-state index contributed by atoms with van der Waals surface area (Å²) in [6, 6.07) is 8.62. The molecule has 0 atom stereocenters. The molecule has 0 unspecified atom stereocenters. The molecular formula is C13H9F3N2O4S. The summed E-state index contributed by atoms with van der Waals surface area (Å²) >= 11 is 0.202. The first-order valence-corrected chi connectivity index (χ1v) is 6.88. The van der Waals surface area contributed by atoms with E-state index in [4.69, 9.17) is 9.84 Å². The minimum Gasteiger partial charge on any atom is -0.477 e. The van der Waals surface area contributed by atoms with Crippen LogP contribution in [0.3, 0.4) is 0 Å². The number of rotatable bonds is 4. The van der Waals surface area contributed by atoms with E-state index < -0.39 is 33.9 Å². The second kappa shape index (κ2) is 6.65. The first-order valence-electron chi connectivity index (χ1n) is 6.06. The summed E-state index contributed by atoms with van der Waals surface area (Å²) < 4.78 is 42.8. The smallest absolute Gasteiger partial charge is 0.435 e. The van der Waals surface area contributed by atoms with Gasteiger partial charge in [-0.05, 0) is 5.56 Å². The molecule has 0 aliphatic carbocycles. The zero-order chi connectivity index (χ0) is 17.0. The van der Waals surface area contributed by atoms with Gasteiger partial charge in [-0.3, -0.25) is 5.32 Å². The molecule has 10 heteroatoms. The van der Waals surface area contributed by atoms with E-state index >= 15 is 0 Å². The van der Waals surface area contributed by atoms with Crippen molar-refractivity contribution in [2.45, 2.75) is 12.8 Å². The van der Waals surface area contributed by atoms with Crippen molar-refractivity contribution in [2.75, 3.05) is 5.32 Å². The lowest BCUT2D eigenvalue weighted by Crippen LogP contribution is -2.14. The van der Waals surface area contributed by atoms with Gasteiger partial charge in [0.1, 0.15) is 11.5 Å². The number of carboxylic acid groups (broad SMARTS) is 1. The number of thiazole rings is 1. The van der Waals surface area contributed by atoms with Gasteiger partial charge in [-0.15, -0.1) is 0 Å². The van der Waals surface area contributed by atoms with Crippen molar-refractivity contribution in [3.05, 3.63) is 46.5 Å². The Balaban J connectivity index is 2.05. The summed E-state index contributed by atoms with van der Waals surface area (Å²) in [6.45, 7) is -0.0873. The van der Waals surface area contributed by atoms with Crippen LogP contribution in [0.1, 0.15) is 20.9 Å². The van der Waals surface area contributed by atoms with Crippen molar-refractivity contribution >= 4 is 28.5 Å². The maximum Gasteiger partial charge on any atom is 0.435 e. The number of benzene rings is 1. The number of alkyl halides is 3. The molecule has 2 N–H and O–H groups in total. The van der Waals surface area contributed by atoms with Crippen molar-refractivity contribution < 1.29 is 32.6 Å². The topological polar surface area (TPSA) is 88.5 Å². The third-order valence-corrected chi connectivity index (χ3v) is 3.47. The van der Waals surface area contributed by atoms with E-state index in [-0.39, 0.29) is 17.9 Å². The number of hydrogen-bond acceptors (Lipinski definition) is 5. The zero-order valence-electron chi connectivity index (χ0n) is 11.3. The molecule has 1 amide bonds. The highest BCUT2D eigenvalue weighted by atomic mass is 32.1. The van der Waals surface area contributed by atoms with Crippen LogP contribution in [0, 0.1) is 0 Å². The minimum absolute atomic E-state index is 0.0873. The number of aromatic carboxylic acids is 1. The molecule has 6 nitrogen and oxygen atoms in total. The summed E-state index contributed by atoms with van der Waals surface area (Å²) in [5.41, 5.74) is -0.877. The van der Waals surface area contributed by atoms with Crippen molar-refractivity contribution in [1.29, 1.82) is 0 Å². The van der Waals surface area contributed by atoms with E-state index in [0.717, 1.165) is 0 Å². The molecule has 0 radical (unpaired) electrons. The lowest BCUT2D eigenvalue weighted by Gasteiger charge is -2.05. The van der Waals surface area contributed by atoms with Crippen LogP contribution in [-0.2, 0) is 17.5 Å². The molecule has 23 heavy (non-hydrogen) atoms. The quantitative estimate of drug-likeness (QED) is 0.883. The SMILES string of the molecule is O=C(Nc1nc(C(F)(F)F)c(C(=O)O)s1)OCc1ccccc1. The Morgan fingerprint density at radius 2 is 1.91 bits per heavy atom. The molecule has 1 aromatic heterocycles. The predicted octanol–water partition coefficient (Wildman–Crippen LogP) is 3.61. The van der Waals surface area contributed by atoms with Gasteiger partial charge in [-0.2, -0.15) is 13.2 Å². The number of nitrogens with zero attached hydrogens (tertiary/aromatic N) is 1. The molecule has 0 fully saturated rings. The summed E-state index contributed by atoms with van der Waals surface area (Å²) in [7, 11) is 0. The van der Waals surface area contributed by atoms with Gasteiger partial charge < -0.3 is 9.84 Å². The van der Waals surface area contributed by atoms with Crippen LogP contribution < -0.4 is 5.32 Å². The van der Waals surface area contributed by atoms with E-state index in [9.17, 15) is 22.8 Å². The number of nitrogens with one attached hydrogen (secondary N) is 1. The summed E-state index contributed by atoms with van der Waals surface area (Å²) in [5.74, 6) is -1.78. The normalized spacial score (nSPS) is 11.1. The summed E-state index contributed by atoms with van der Waals surface area (Å²) in [6.07, 6.45) is -5.97. The molecule has 0 saturated heterocycles. The van der Waals surface area contributed by atoms with Gasteiger partial charge in [0.05, 0.1) is 0 Å². The first kappa shape index (κ1) is 16.7. The largest absolute Gasteiger partial charge is 0.477 e. The van der Waals surface area contributed by atoms with Crippen molar-refractivity contribution in [2.24, 2.45) is 0 Å². The number of carbonyl (C=O) groups excluding carboxylic acids is 1. The van der Waals surface area contributed by atoms with Crippen LogP contribution in [-0.4, -0.2) is 22.2 Å². The van der Waals surface area contributed by atoms with Crippen LogP contribution in [0.2, 0.25) is 0 Å². The third-order valence-electron chi connectivity index (χ3n) is 2.51. The van der Waals surface area contributed by atoms with Crippen LogP contribution >= 0.6 is 11.3 Å². The lowest BCUT2D eigenvalue weighted by atomic mass is 10.2. The number of ether oxygens (including phenoxy) is 1. The fourth-order valence-electron chi connectivity index (χ4n) is 1.56. The molecule has 122 valence electrons. The zero-order valence-corrected chi connectivity index (χ0v) is 12.1. The highest BCUT2D eigenvalue weighted by Gasteiger charge is 2.40. The van der Waals surface area contributed by atoms with Gasteiger partial charge in [0.2, 0.25) is 0 Å². The molecule has 2 rings (SSSR count). The molecular weight excluding hydrogens is 337 g/mol. The number of anilines is 1. The number of halogens is 3. The fraction of sp³-hybridized carbons (Fsp3) is 0.154. The number of aromatic nitrogens is 1. The number of carboxylic acids is 1. The highest BCUT2D eigenvalue weighted by molar-refractivity contribution is 7.17. The van der Waals surface area contributed by atoms with Crippen molar-refractivity contribution in [1.82, 2.24) is 4.98 Å². The molecule has 0 aliphatic heterocycles. The average molecular weight is 346 g/mol. The lowest BCUT2D eigenvalue weighted by molar-refractivity contribution is -0.141. The Morgan fingerprint density at radius 3 is 2.43 bits per heavy atom. The van der Waals surface area contributed by atoms with E-state index in [1.54, 1.807) is 30.3 Å². The number of amides is 1. The maximum atomic E-state index is 12.7. The van der Waals surface area contributed by atoms with E-state index in [0.29, 0.717) is 5.56 Å². The Labute approximate surface area is 131 Å². The van der Waals surface area contributed by atoms with Crippen LogP contribution in [0.5, 0.6) is 0 Å². The van der Waals surface area contributed by atoms with Gasteiger partial charge in [0.25, 0.3) is 0 Å². The Morgan fingerprint density at radius 1 is 1.26 bits per heavy atom. The van der Waals surface area contributed by atoms with Gasteiger partial charge in [0, 0.05) is 0 Å². The number of carbonyl (C=O) groups is 2. The Bertz CT molecular complexity index is 716. The molecule has 0 bridgehead atoms. The highest BCUT2D eigenvalue weighted by Crippen LogP contribution is 2.36. The van der Waals surface area contributed by atoms with Crippen LogP contribution in [0.25, 0.3) is 0 Å². The van der Waals surface area contributed by atoms with Crippen LogP contribution in [0.4, 0.5) is 23.1 Å².